The van der Waals surface area contributed by atoms with E-state index in [-0.39, 0.29) is 0 Å². The normalized spacial score (nSPS) is 9.82. The molecule has 0 atom stereocenters. The number of anilines is 1. The quantitative estimate of drug-likeness (QED) is 0.715. The predicted molar refractivity (Wildman–Crippen MR) is 58.5 cm³/mol. The fourth-order valence-corrected chi connectivity index (χ4v) is 1.59. The summed E-state index contributed by atoms with van der Waals surface area (Å²) in [7, 11) is 3.97. The molecule has 0 bridgehead atoms. The molecule has 0 saturated carbocycles. The Balaban J connectivity index is 3.13. The van der Waals surface area contributed by atoms with Gasteiger partial charge in [-0.2, -0.15) is 0 Å². The number of hydrogen-bond donors (Lipinski definition) is 0. The Hall–Kier alpha value is 0.0400. The van der Waals surface area contributed by atoms with Crippen LogP contribution >= 0.6 is 34.2 Å². The lowest BCUT2D eigenvalue weighted by atomic mass is 10.3. The lowest BCUT2D eigenvalue weighted by molar-refractivity contribution is 1.13. The largest absolute Gasteiger partial charge is 0.376 e. The highest BCUT2D eigenvalue weighted by molar-refractivity contribution is 14.1. The van der Waals surface area contributed by atoms with Gasteiger partial charge in [0, 0.05) is 17.7 Å². The summed E-state index contributed by atoms with van der Waals surface area (Å²) in [5, 5.41) is 0.801. The lowest BCUT2D eigenvalue weighted by Crippen LogP contribution is -2.09. The van der Waals surface area contributed by atoms with E-state index in [1.165, 1.54) is 3.57 Å². The van der Waals surface area contributed by atoms with Crippen molar-refractivity contribution in [1.82, 2.24) is 0 Å². The molecule has 11 heavy (non-hydrogen) atoms. The highest BCUT2D eigenvalue weighted by atomic mass is 127. The van der Waals surface area contributed by atoms with E-state index in [0.29, 0.717) is 0 Å². The van der Waals surface area contributed by atoms with Crippen molar-refractivity contribution in [2.75, 3.05) is 19.0 Å². The minimum absolute atomic E-state index is 0.801. The molecule has 0 spiro atoms. The lowest BCUT2D eigenvalue weighted by Gasteiger charge is -2.14. The summed E-state index contributed by atoms with van der Waals surface area (Å²) < 4.78 is 1.20. The molecule has 0 fully saturated rings. The first-order valence-electron chi connectivity index (χ1n) is 3.23. The van der Waals surface area contributed by atoms with Crippen molar-refractivity contribution in [2.24, 2.45) is 0 Å². The van der Waals surface area contributed by atoms with Crippen molar-refractivity contribution < 1.29 is 0 Å². The summed E-state index contributed by atoms with van der Waals surface area (Å²) in [5.41, 5.74) is 1.07. The van der Waals surface area contributed by atoms with Gasteiger partial charge in [-0.1, -0.05) is 11.6 Å². The molecule has 0 heterocycles. The number of nitrogens with zero attached hydrogens (tertiary/aromatic N) is 1. The maximum Gasteiger partial charge on any atom is 0.0640 e. The van der Waals surface area contributed by atoms with Gasteiger partial charge in [-0.25, -0.2) is 0 Å². The monoisotopic (exact) mass is 281 g/mol. The zero-order chi connectivity index (χ0) is 8.43. The highest BCUT2D eigenvalue weighted by Gasteiger charge is 2.01. The van der Waals surface area contributed by atoms with Crippen LogP contribution in [0.15, 0.2) is 18.2 Å². The third-order valence-electron chi connectivity index (χ3n) is 1.39. The first-order chi connectivity index (χ1) is 5.11. The standard InChI is InChI=1S/C8H9ClIN/c1-11(2)8-5-6(10)3-4-7(8)9/h3-5H,1-2H3. The molecule has 3 heteroatoms. The van der Waals surface area contributed by atoms with E-state index < -0.39 is 0 Å². The van der Waals surface area contributed by atoms with Crippen molar-refractivity contribution in [3.63, 3.8) is 0 Å². The molecule has 0 N–H and O–H groups in total. The van der Waals surface area contributed by atoms with Gasteiger partial charge in [-0.15, -0.1) is 0 Å². The van der Waals surface area contributed by atoms with Gasteiger partial charge in [0.25, 0.3) is 0 Å². The second kappa shape index (κ2) is 3.63. The minimum Gasteiger partial charge on any atom is -0.376 e. The smallest absolute Gasteiger partial charge is 0.0640 e. The van der Waals surface area contributed by atoms with Crippen molar-refractivity contribution in [1.29, 1.82) is 0 Å². The highest BCUT2D eigenvalue weighted by Crippen LogP contribution is 2.25. The first-order valence-corrected chi connectivity index (χ1v) is 4.69. The first kappa shape index (κ1) is 9.13. The third-order valence-corrected chi connectivity index (χ3v) is 2.38. The fraction of sp³-hybridized carbons (Fsp3) is 0.250. The molecular formula is C8H9ClIN. The summed E-state index contributed by atoms with van der Waals surface area (Å²) in [5.74, 6) is 0. The summed E-state index contributed by atoms with van der Waals surface area (Å²) in [6, 6.07) is 5.97. The molecule has 0 amide bonds. The van der Waals surface area contributed by atoms with Crippen molar-refractivity contribution in [2.45, 2.75) is 0 Å². The van der Waals surface area contributed by atoms with Gasteiger partial charge in [0.2, 0.25) is 0 Å². The van der Waals surface area contributed by atoms with Crippen molar-refractivity contribution in [3.05, 3.63) is 26.8 Å². The van der Waals surface area contributed by atoms with Crippen LogP contribution in [0.2, 0.25) is 5.02 Å². The van der Waals surface area contributed by atoms with Crippen LogP contribution in [0, 0.1) is 3.57 Å². The van der Waals surface area contributed by atoms with E-state index in [4.69, 9.17) is 11.6 Å². The molecule has 0 aliphatic rings. The SMILES string of the molecule is CN(C)c1cc(I)ccc1Cl. The summed E-state index contributed by atoms with van der Waals surface area (Å²) >= 11 is 8.22. The maximum atomic E-state index is 5.95. The third kappa shape index (κ3) is 2.24. The Bertz CT molecular complexity index is 260. The number of rotatable bonds is 1. The van der Waals surface area contributed by atoms with Crippen molar-refractivity contribution in [3.8, 4) is 0 Å². The summed E-state index contributed by atoms with van der Waals surface area (Å²) in [6.45, 7) is 0. The van der Waals surface area contributed by atoms with Crippen LogP contribution in [-0.4, -0.2) is 14.1 Å². The van der Waals surface area contributed by atoms with Gasteiger partial charge in [0.15, 0.2) is 0 Å². The molecule has 0 aliphatic heterocycles. The molecular weight excluding hydrogens is 272 g/mol. The Labute approximate surface area is 85.5 Å². The van der Waals surface area contributed by atoms with Gasteiger partial charge in [0.1, 0.15) is 0 Å². The van der Waals surface area contributed by atoms with Gasteiger partial charge in [-0.05, 0) is 40.8 Å². The van der Waals surface area contributed by atoms with E-state index in [1.54, 1.807) is 0 Å². The molecule has 0 radical (unpaired) electrons. The Morgan fingerprint density at radius 1 is 1.36 bits per heavy atom. The molecule has 1 nitrogen and oxygen atoms in total. The molecule has 1 aromatic rings. The second-order valence-corrected chi connectivity index (χ2v) is 4.14. The fourth-order valence-electron chi connectivity index (χ4n) is 0.829. The molecule has 60 valence electrons. The Morgan fingerprint density at radius 2 is 2.00 bits per heavy atom. The minimum atomic E-state index is 0.801. The average molecular weight is 282 g/mol. The van der Waals surface area contributed by atoms with Crippen LogP contribution in [0.25, 0.3) is 0 Å². The van der Waals surface area contributed by atoms with E-state index in [9.17, 15) is 0 Å². The zero-order valence-corrected chi connectivity index (χ0v) is 9.35. The molecule has 0 saturated heterocycles. The zero-order valence-electron chi connectivity index (χ0n) is 6.44. The molecule has 0 aliphatic carbocycles. The van der Waals surface area contributed by atoms with Gasteiger partial charge in [-0.3, -0.25) is 0 Å². The number of benzene rings is 1. The number of halogens is 2. The summed E-state index contributed by atoms with van der Waals surface area (Å²) in [4.78, 5) is 2.00. The molecule has 0 unspecified atom stereocenters. The maximum absolute atomic E-state index is 5.95. The van der Waals surface area contributed by atoms with Crippen molar-refractivity contribution >= 4 is 39.9 Å². The van der Waals surface area contributed by atoms with Crippen LogP contribution in [0.3, 0.4) is 0 Å². The number of hydrogen-bond acceptors (Lipinski definition) is 1. The predicted octanol–water partition coefficient (Wildman–Crippen LogP) is 3.01. The summed E-state index contributed by atoms with van der Waals surface area (Å²) in [6.07, 6.45) is 0. The van der Waals surface area contributed by atoms with Gasteiger partial charge < -0.3 is 4.90 Å². The average Bonchev–Trinajstić information content (AvgIpc) is 1.94. The molecule has 1 rings (SSSR count). The van der Waals surface area contributed by atoms with Crippen LogP contribution in [0.5, 0.6) is 0 Å². The van der Waals surface area contributed by atoms with Gasteiger partial charge >= 0.3 is 0 Å². The van der Waals surface area contributed by atoms with E-state index >= 15 is 0 Å². The van der Waals surface area contributed by atoms with Crippen LogP contribution < -0.4 is 4.90 Å². The van der Waals surface area contributed by atoms with Crippen LogP contribution in [0.4, 0.5) is 5.69 Å². The molecule has 1 aromatic carbocycles. The van der Waals surface area contributed by atoms with E-state index in [1.807, 2.05) is 31.1 Å². The Kier molecular flexibility index (Phi) is 3.01. The van der Waals surface area contributed by atoms with E-state index in [2.05, 4.69) is 28.7 Å². The second-order valence-electron chi connectivity index (χ2n) is 2.49. The molecule has 0 aromatic heterocycles. The van der Waals surface area contributed by atoms with Crippen LogP contribution in [0.1, 0.15) is 0 Å². The topological polar surface area (TPSA) is 3.24 Å². The van der Waals surface area contributed by atoms with E-state index in [0.717, 1.165) is 10.7 Å². The van der Waals surface area contributed by atoms with Gasteiger partial charge in [0.05, 0.1) is 10.7 Å². The van der Waals surface area contributed by atoms with Crippen LogP contribution in [-0.2, 0) is 0 Å². The Morgan fingerprint density at radius 3 is 2.45 bits per heavy atom.